The van der Waals surface area contributed by atoms with Crippen LogP contribution in [0.1, 0.15) is 23.6 Å². The summed E-state index contributed by atoms with van der Waals surface area (Å²) in [4.78, 5) is 26.2. The number of hydrogen-bond donors (Lipinski definition) is 1. The Bertz CT molecular complexity index is 1050. The molecule has 1 N–H and O–H groups in total. The quantitative estimate of drug-likeness (QED) is 0.520. The number of ether oxygens (including phenoxy) is 1. The van der Waals surface area contributed by atoms with E-state index in [0.717, 1.165) is 11.1 Å². The molecule has 1 aromatic heterocycles. The van der Waals surface area contributed by atoms with Crippen LogP contribution in [0.3, 0.4) is 0 Å². The zero-order valence-corrected chi connectivity index (χ0v) is 15.2. The van der Waals surface area contributed by atoms with Gasteiger partial charge >= 0.3 is 0 Å². The third kappa shape index (κ3) is 3.52. The van der Waals surface area contributed by atoms with Crippen molar-refractivity contribution in [3.63, 3.8) is 0 Å². The number of aromatic nitrogens is 3. The average molecular weight is 400 g/mol. The Balaban J connectivity index is 1.49. The van der Waals surface area contributed by atoms with Crippen LogP contribution < -0.4 is 10.1 Å². The number of nitrogens with one attached hydrogen (secondary N) is 1. The summed E-state index contributed by atoms with van der Waals surface area (Å²) in [6, 6.07) is 11.1. The number of nitro groups is 1. The molecule has 1 aliphatic heterocycles. The maximum Gasteiger partial charge on any atom is 0.269 e. The Morgan fingerprint density at radius 1 is 1.29 bits per heavy atom. The van der Waals surface area contributed by atoms with E-state index in [0.29, 0.717) is 16.7 Å². The number of fused-ring (bicyclic) bond motifs is 1. The van der Waals surface area contributed by atoms with E-state index in [-0.39, 0.29) is 30.7 Å². The molecule has 0 saturated heterocycles. The van der Waals surface area contributed by atoms with Gasteiger partial charge in [-0.15, -0.1) is 0 Å². The van der Waals surface area contributed by atoms with Gasteiger partial charge in [0.2, 0.25) is 11.9 Å². The van der Waals surface area contributed by atoms with Crippen molar-refractivity contribution in [1.29, 1.82) is 0 Å². The molecule has 0 saturated carbocycles. The number of carbonyl (C=O) groups is 1. The van der Waals surface area contributed by atoms with Crippen molar-refractivity contribution >= 4 is 29.1 Å². The van der Waals surface area contributed by atoms with Gasteiger partial charge in [-0.25, -0.2) is 4.68 Å². The van der Waals surface area contributed by atoms with Crippen LogP contribution in [0.25, 0.3) is 0 Å². The fourth-order valence-electron chi connectivity index (χ4n) is 2.98. The van der Waals surface area contributed by atoms with E-state index in [4.69, 9.17) is 16.3 Å². The molecule has 0 spiro atoms. The number of hydrogen-bond acceptors (Lipinski definition) is 6. The van der Waals surface area contributed by atoms with Gasteiger partial charge in [-0.2, -0.15) is 10.1 Å². The second kappa shape index (κ2) is 7.28. The lowest BCUT2D eigenvalue weighted by atomic mass is 10.0. The standard InChI is InChI=1S/C18H14ClN5O4/c19-14-7-12(15-8-17(25)22-18-20-10-21-23(15)18)3-6-16(14)28-9-11-1-4-13(5-2-11)24(26)27/h1-7,10,15H,8-9H2,(H,20,21,22,25)/t15-/m0/s1. The summed E-state index contributed by atoms with van der Waals surface area (Å²) in [5.74, 6) is 0.735. The van der Waals surface area contributed by atoms with Gasteiger partial charge < -0.3 is 4.74 Å². The molecule has 28 heavy (non-hydrogen) atoms. The Kier molecular flexibility index (Phi) is 4.66. The fraction of sp³-hybridized carbons (Fsp3) is 0.167. The molecule has 0 fully saturated rings. The molecule has 0 bridgehead atoms. The number of nitrogens with zero attached hydrogens (tertiary/aromatic N) is 4. The SMILES string of the molecule is O=C1C[C@@H](c2ccc(OCc3ccc([N+](=O)[O-])cc3)c(Cl)c2)n2ncnc2N1. The van der Waals surface area contributed by atoms with Crippen LogP contribution in [0, 0.1) is 10.1 Å². The molecule has 0 unspecified atom stereocenters. The van der Waals surface area contributed by atoms with Crippen molar-refractivity contribution in [1.82, 2.24) is 14.8 Å². The van der Waals surface area contributed by atoms with Crippen LogP contribution in [0.4, 0.5) is 11.6 Å². The first-order valence-electron chi connectivity index (χ1n) is 8.36. The molecule has 1 amide bonds. The van der Waals surface area contributed by atoms with E-state index in [1.165, 1.54) is 18.5 Å². The minimum atomic E-state index is -0.452. The first kappa shape index (κ1) is 17.9. The molecule has 142 valence electrons. The maximum atomic E-state index is 11.9. The molecule has 4 rings (SSSR count). The van der Waals surface area contributed by atoms with Crippen molar-refractivity contribution in [2.45, 2.75) is 19.1 Å². The molecular weight excluding hydrogens is 386 g/mol. The number of carbonyl (C=O) groups excluding carboxylic acids is 1. The summed E-state index contributed by atoms with van der Waals surface area (Å²) in [5.41, 5.74) is 1.62. The fourth-order valence-corrected chi connectivity index (χ4v) is 3.22. The molecule has 0 radical (unpaired) electrons. The predicted octanol–water partition coefficient (Wildman–Crippen LogP) is 3.35. The molecule has 1 atom stereocenters. The van der Waals surface area contributed by atoms with Crippen LogP contribution in [-0.4, -0.2) is 25.6 Å². The van der Waals surface area contributed by atoms with Crippen LogP contribution in [0.5, 0.6) is 5.75 Å². The van der Waals surface area contributed by atoms with E-state index in [1.807, 2.05) is 6.07 Å². The van der Waals surface area contributed by atoms with Gasteiger partial charge in [-0.3, -0.25) is 20.2 Å². The van der Waals surface area contributed by atoms with Gasteiger partial charge in [0.25, 0.3) is 5.69 Å². The molecule has 3 aromatic rings. The summed E-state index contributed by atoms with van der Waals surface area (Å²) in [6.45, 7) is 0.218. The number of non-ortho nitro benzene ring substituents is 1. The van der Waals surface area contributed by atoms with E-state index in [1.54, 1.807) is 28.9 Å². The van der Waals surface area contributed by atoms with E-state index >= 15 is 0 Å². The zero-order valence-electron chi connectivity index (χ0n) is 14.4. The molecule has 1 aliphatic rings. The normalized spacial score (nSPS) is 15.6. The summed E-state index contributed by atoms with van der Waals surface area (Å²) in [5, 5.41) is 17.9. The highest BCUT2D eigenvalue weighted by Crippen LogP contribution is 2.33. The average Bonchev–Trinajstić information content (AvgIpc) is 3.15. The van der Waals surface area contributed by atoms with Gasteiger partial charge in [-0.05, 0) is 35.4 Å². The topological polar surface area (TPSA) is 112 Å². The van der Waals surface area contributed by atoms with Crippen LogP contribution in [0.2, 0.25) is 5.02 Å². The lowest BCUT2D eigenvalue weighted by molar-refractivity contribution is -0.384. The minimum Gasteiger partial charge on any atom is -0.487 e. The Morgan fingerprint density at radius 3 is 2.79 bits per heavy atom. The second-order valence-corrected chi connectivity index (χ2v) is 6.61. The smallest absolute Gasteiger partial charge is 0.269 e. The number of amides is 1. The highest BCUT2D eigenvalue weighted by molar-refractivity contribution is 6.32. The van der Waals surface area contributed by atoms with Gasteiger partial charge in [0.1, 0.15) is 18.7 Å². The number of rotatable bonds is 5. The minimum absolute atomic E-state index is 0.0233. The number of nitro benzene ring substituents is 1. The summed E-state index contributed by atoms with van der Waals surface area (Å²) < 4.78 is 7.37. The van der Waals surface area contributed by atoms with Crippen molar-refractivity contribution in [2.75, 3.05) is 5.32 Å². The van der Waals surface area contributed by atoms with Crippen molar-refractivity contribution < 1.29 is 14.5 Å². The summed E-state index contributed by atoms with van der Waals surface area (Å²) in [7, 11) is 0. The van der Waals surface area contributed by atoms with Gasteiger partial charge in [-0.1, -0.05) is 17.7 Å². The number of anilines is 1. The van der Waals surface area contributed by atoms with E-state index in [2.05, 4.69) is 15.4 Å². The monoisotopic (exact) mass is 399 g/mol. The highest BCUT2D eigenvalue weighted by atomic mass is 35.5. The molecule has 10 heteroatoms. The first-order chi connectivity index (χ1) is 13.5. The Labute approximate surface area is 164 Å². The third-order valence-corrected chi connectivity index (χ3v) is 4.68. The Morgan fingerprint density at radius 2 is 2.07 bits per heavy atom. The van der Waals surface area contributed by atoms with Crippen LogP contribution in [0.15, 0.2) is 48.8 Å². The van der Waals surface area contributed by atoms with Gasteiger partial charge in [0, 0.05) is 12.1 Å². The first-order valence-corrected chi connectivity index (χ1v) is 8.74. The lowest BCUT2D eigenvalue weighted by Crippen LogP contribution is -2.29. The Hall–Kier alpha value is -3.46. The number of halogens is 1. The molecule has 9 nitrogen and oxygen atoms in total. The van der Waals surface area contributed by atoms with Crippen LogP contribution in [-0.2, 0) is 11.4 Å². The van der Waals surface area contributed by atoms with E-state index in [9.17, 15) is 14.9 Å². The van der Waals surface area contributed by atoms with Crippen LogP contribution >= 0.6 is 11.6 Å². The summed E-state index contributed by atoms with van der Waals surface area (Å²) >= 11 is 6.36. The van der Waals surface area contributed by atoms with Crippen molar-refractivity contribution in [2.24, 2.45) is 0 Å². The number of benzene rings is 2. The molecule has 2 heterocycles. The predicted molar refractivity (Wildman–Crippen MR) is 100 cm³/mol. The summed E-state index contributed by atoms with van der Waals surface area (Å²) in [6.07, 6.45) is 1.62. The van der Waals surface area contributed by atoms with Gasteiger partial charge in [0.05, 0.1) is 22.4 Å². The van der Waals surface area contributed by atoms with Gasteiger partial charge in [0.15, 0.2) is 0 Å². The molecular formula is C18H14ClN5O4. The molecule has 0 aliphatic carbocycles. The van der Waals surface area contributed by atoms with Crippen molar-refractivity contribution in [3.05, 3.63) is 75.1 Å². The second-order valence-electron chi connectivity index (χ2n) is 6.20. The third-order valence-electron chi connectivity index (χ3n) is 4.38. The largest absolute Gasteiger partial charge is 0.487 e. The lowest BCUT2D eigenvalue weighted by Gasteiger charge is -2.24. The van der Waals surface area contributed by atoms with E-state index < -0.39 is 4.92 Å². The maximum absolute atomic E-state index is 11.9. The zero-order chi connectivity index (χ0) is 19.7. The molecule has 2 aromatic carbocycles. The van der Waals surface area contributed by atoms with Crippen molar-refractivity contribution in [3.8, 4) is 5.75 Å². The highest BCUT2D eigenvalue weighted by Gasteiger charge is 2.28.